The van der Waals surface area contributed by atoms with Gasteiger partial charge < -0.3 is 32.5 Å². The number of primary amides is 1. The zero-order valence-electron chi connectivity index (χ0n) is 17.1. The number of carbonyl (C=O) groups excluding carboxylic acids is 4. The number of hydrogen-bond acceptors (Lipinski definition) is 8. The lowest BCUT2D eigenvalue weighted by Gasteiger charge is -2.24. The fraction of sp³-hybridized carbons (Fsp3) is 0.421. The number of thiol groups is 2. The van der Waals surface area contributed by atoms with Gasteiger partial charge in [-0.3, -0.25) is 19.2 Å². The number of carboxylic acids is 1. The maximum absolute atomic E-state index is 12.9. The molecule has 0 aliphatic heterocycles. The van der Waals surface area contributed by atoms with E-state index in [4.69, 9.17) is 16.6 Å². The van der Waals surface area contributed by atoms with Gasteiger partial charge in [0.2, 0.25) is 23.6 Å². The largest absolute Gasteiger partial charge is 0.480 e. The molecule has 0 radical (unpaired) electrons. The summed E-state index contributed by atoms with van der Waals surface area (Å²) in [5.41, 5.74) is 11.4. The minimum absolute atomic E-state index is 0.0591. The molecule has 11 nitrogen and oxygen atoms in total. The van der Waals surface area contributed by atoms with E-state index in [0.29, 0.717) is 0 Å². The van der Waals surface area contributed by atoms with Crippen molar-refractivity contribution in [1.82, 2.24) is 16.0 Å². The minimum Gasteiger partial charge on any atom is -0.480 e. The molecule has 1 aromatic carbocycles. The molecule has 8 N–H and O–H groups in total. The monoisotopic (exact) mass is 485 g/mol. The Labute approximate surface area is 195 Å². The first-order chi connectivity index (χ1) is 15.1. The van der Waals surface area contributed by atoms with Crippen LogP contribution in [0.4, 0.5) is 0 Å². The molecule has 0 bridgehead atoms. The van der Waals surface area contributed by atoms with Crippen molar-refractivity contribution in [2.45, 2.75) is 37.0 Å². The third-order valence-corrected chi connectivity index (χ3v) is 5.04. The molecule has 32 heavy (non-hydrogen) atoms. The number of carboxylic acid groups (broad SMARTS) is 1. The van der Waals surface area contributed by atoms with Gasteiger partial charge in [0, 0.05) is 17.9 Å². The van der Waals surface area contributed by atoms with Gasteiger partial charge in [0.25, 0.3) is 0 Å². The number of hydrogen-bond donors (Lipinski definition) is 8. The van der Waals surface area contributed by atoms with E-state index in [1.807, 2.05) is 0 Å². The smallest absolute Gasteiger partial charge is 0.326 e. The van der Waals surface area contributed by atoms with E-state index in [0.717, 1.165) is 5.56 Å². The summed E-state index contributed by atoms with van der Waals surface area (Å²) in [6.45, 7) is 0. The zero-order valence-corrected chi connectivity index (χ0v) is 18.9. The Balaban J connectivity index is 2.96. The van der Waals surface area contributed by atoms with Crippen LogP contribution in [0.2, 0.25) is 0 Å². The van der Waals surface area contributed by atoms with Gasteiger partial charge >= 0.3 is 5.97 Å². The molecule has 0 saturated heterocycles. The minimum atomic E-state index is -1.56. The SMILES string of the molecule is NC(=O)CC(NC(=O)C(CS)NC(=O)C(Cc1ccccc1)NC(=O)C(N)CS)C(=O)O. The molecule has 0 saturated carbocycles. The molecule has 0 aliphatic carbocycles. The van der Waals surface area contributed by atoms with Gasteiger partial charge in [0.1, 0.15) is 18.1 Å². The third kappa shape index (κ3) is 9.16. The quantitative estimate of drug-likeness (QED) is 0.146. The Morgan fingerprint density at radius 1 is 0.844 bits per heavy atom. The highest BCUT2D eigenvalue weighted by Gasteiger charge is 2.30. The lowest BCUT2D eigenvalue weighted by molar-refractivity contribution is -0.143. The molecule has 0 aromatic heterocycles. The normalized spacial score (nSPS) is 14.3. The van der Waals surface area contributed by atoms with Gasteiger partial charge in [-0.15, -0.1) is 0 Å². The van der Waals surface area contributed by atoms with E-state index in [1.54, 1.807) is 30.3 Å². The van der Waals surface area contributed by atoms with Gasteiger partial charge in [-0.2, -0.15) is 25.3 Å². The summed E-state index contributed by atoms with van der Waals surface area (Å²) in [6, 6.07) is 4.01. The molecule has 1 aromatic rings. The summed E-state index contributed by atoms with van der Waals surface area (Å²) in [5.74, 6) is -4.68. The van der Waals surface area contributed by atoms with Crippen molar-refractivity contribution in [1.29, 1.82) is 0 Å². The molecular formula is C19H27N5O6S2. The average molecular weight is 486 g/mol. The zero-order chi connectivity index (χ0) is 24.3. The Morgan fingerprint density at radius 3 is 1.88 bits per heavy atom. The maximum atomic E-state index is 12.9. The fourth-order valence-electron chi connectivity index (χ4n) is 2.56. The van der Waals surface area contributed by atoms with E-state index in [2.05, 4.69) is 41.2 Å². The van der Waals surface area contributed by atoms with Gasteiger partial charge in [-0.05, 0) is 5.56 Å². The van der Waals surface area contributed by atoms with Crippen LogP contribution in [0.5, 0.6) is 0 Å². The molecule has 0 spiro atoms. The third-order valence-electron chi connectivity index (χ3n) is 4.28. The van der Waals surface area contributed by atoms with Crippen molar-refractivity contribution in [2.24, 2.45) is 11.5 Å². The number of carbonyl (C=O) groups is 5. The van der Waals surface area contributed by atoms with Crippen LogP contribution in [0.25, 0.3) is 0 Å². The predicted octanol–water partition coefficient (Wildman–Crippen LogP) is -2.17. The Morgan fingerprint density at radius 2 is 1.38 bits per heavy atom. The lowest BCUT2D eigenvalue weighted by atomic mass is 10.0. The summed E-state index contributed by atoms with van der Waals surface area (Å²) in [5, 5.41) is 16.2. The first-order valence-electron chi connectivity index (χ1n) is 9.52. The van der Waals surface area contributed by atoms with Crippen molar-refractivity contribution in [3.8, 4) is 0 Å². The van der Waals surface area contributed by atoms with Gasteiger partial charge in [-0.1, -0.05) is 30.3 Å². The molecule has 13 heteroatoms. The molecule has 1 rings (SSSR count). The van der Waals surface area contributed by atoms with E-state index >= 15 is 0 Å². The van der Waals surface area contributed by atoms with Crippen molar-refractivity contribution in [3.05, 3.63) is 35.9 Å². The first-order valence-corrected chi connectivity index (χ1v) is 10.8. The van der Waals surface area contributed by atoms with Crippen molar-refractivity contribution < 1.29 is 29.1 Å². The van der Waals surface area contributed by atoms with Crippen LogP contribution in [0.1, 0.15) is 12.0 Å². The van der Waals surface area contributed by atoms with Crippen LogP contribution in [0.15, 0.2) is 30.3 Å². The standard InChI is InChI=1S/C19H27N5O6S2/c20-11(8-31)16(26)22-12(6-10-4-2-1-3-5-10)17(27)24-14(9-32)18(28)23-13(19(29)30)7-15(21)25/h1-5,11-14,31-32H,6-9,20H2,(H2,21,25)(H,22,26)(H,23,28)(H,24,27)(H,29,30). The second-order valence-corrected chi connectivity index (χ2v) is 7.58. The van der Waals surface area contributed by atoms with E-state index in [-0.39, 0.29) is 17.9 Å². The number of nitrogens with one attached hydrogen (secondary N) is 3. The van der Waals surface area contributed by atoms with E-state index in [9.17, 15) is 24.0 Å². The maximum Gasteiger partial charge on any atom is 0.326 e. The Hall–Kier alpha value is -2.77. The van der Waals surface area contributed by atoms with Crippen LogP contribution < -0.4 is 27.4 Å². The highest BCUT2D eigenvalue weighted by Crippen LogP contribution is 2.05. The first kappa shape index (κ1) is 27.3. The number of benzene rings is 1. The Bertz CT molecular complexity index is 826. The number of nitrogens with two attached hydrogens (primary N) is 2. The van der Waals surface area contributed by atoms with Crippen LogP contribution in [-0.4, -0.2) is 70.4 Å². The summed E-state index contributed by atoms with van der Waals surface area (Å²) in [7, 11) is 0. The summed E-state index contributed by atoms with van der Waals surface area (Å²) >= 11 is 7.99. The highest BCUT2D eigenvalue weighted by molar-refractivity contribution is 7.80. The van der Waals surface area contributed by atoms with Gasteiger partial charge in [0.05, 0.1) is 12.5 Å². The topological polar surface area (TPSA) is 194 Å². The van der Waals surface area contributed by atoms with Crippen molar-refractivity contribution in [3.63, 3.8) is 0 Å². The fourth-order valence-corrected chi connectivity index (χ4v) is 2.98. The van der Waals surface area contributed by atoms with Crippen molar-refractivity contribution >= 4 is 54.9 Å². The average Bonchev–Trinajstić information content (AvgIpc) is 2.75. The highest BCUT2D eigenvalue weighted by atomic mass is 32.1. The lowest BCUT2D eigenvalue weighted by Crippen LogP contribution is -2.58. The molecule has 4 amide bonds. The molecule has 4 unspecified atom stereocenters. The number of amides is 4. The molecule has 0 heterocycles. The summed E-state index contributed by atoms with van der Waals surface area (Å²) in [4.78, 5) is 59.8. The van der Waals surface area contributed by atoms with Gasteiger partial charge in [0.15, 0.2) is 0 Å². The summed E-state index contributed by atoms with van der Waals surface area (Å²) in [6.07, 6.45) is -0.513. The van der Waals surface area contributed by atoms with Crippen LogP contribution in [0.3, 0.4) is 0 Å². The second kappa shape index (κ2) is 13.6. The van der Waals surface area contributed by atoms with Crippen molar-refractivity contribution in [2.75, 3.05) is 11.5 Å². The Kier molecular flexibility index (Phi) is 11.6. The van der Waals surface area contributed by atoms with E-state index in [1.165, 1.54) is 0 Å². The molecule has 4 atom stereocenters. The van der Waals surface area contributed by atoms with E-state index < -0.39 is 60.2 Å². The predicted molar refractivity (Wildman–Crippen MR) is 123 cm³/mol. The number of rotatable bonds is 13. The second-order valence-electron chi connectivity index (χ2n) is 6.85. The number of aliphatic carboxylic acids is 1. The van der Waals surface area contributed by atoms with Crippen LogP contribution in [-0.2, 0) is 30.4 Å². The molecule has 0 aliphatic rings. The molecule has 0 fully saturated rings. The summed E-state index contributed by atoms with van der Waals surface area (Å²) < 4.78 is 0. The molecular weight excluding hydrogens is 458 g/mol. The van der Waals surface area contributed by atoms with Gasteiger partial charge in [-0.25, -0.2) is 4.79 Å². The molecule has 176 valence electrons. The van der Waals surface area contributed by atoms with Crippen LogP contribution >= 0.6 is 25.3 Å². The van der Waals surface area contributed by atoms with Crippen LogP contribution in [0, 0.1) is 0 Å².